The normalized spacial score (nSPS) is 16.4. The van der Waals surface area contributed by atoms with Crippen LogP contribution in [0.5, 0.6) is 0 Å². The molecule has 0 saturated heterocycles. The van der Waals surface area contributed by atoms with Crippen LogP contribution in [-0.2, 0) is 0 Å². The Labute approximate surface area is 69.7 Å². The topological polar surface area (TPSA) is 0 Å². The molecule has 0 amide bonds. The molecule has 0 aliphatic rings. The Morgan fingerprint density at radius 1 is 0.923 bits per heavy atom. The van der Waals surface area contributed by atoms with E-state index in [9.17, 15) is 30.7 Å². The lowest BCUT2D eigenvalue weighted by Gasteiger charge is -2.23. The second-order valence-electron chi connectivity index (χ2n) is 2.62. The molecule has 0 N–H and O–H groups in total. The molecule has 0 rings (SSSR count). The van der Waals surface area contributed by atoms with E-state index >= 15 is 0 Å². The van der Waals surface area contributed by atoms with Gasteiger partial charge in [-0.15, -0.1) is 0 Å². The third kappa shape index (κ3) is 3.40. The molecular formula is C6H7F7. The maximum Gasteiger partial charge on any atom is 0.313 e. The van der Waals surface area contributed by atoms with Gasteiger partial charge in [0.25, 0.3) is 5.92 Å². The summed E-state index contributed by atoms with van der Waals surface area (Å²) in [6, 6.07) is 0. The summed E-state index contributed by atoms with van der Waals surface area (Å²) in [5.74, 6) is -9.29. The van der Waals surface area contributed by atoms with E-state index in [0.717, 1.165) is 0 Å². The van der Waals surface area contributed by atoms with Gasteiger partial charge < -0.3 is 0 Å². The fraction of sp³-hybridized carbons (Fsp3) is 1.00. The van der Waals surface area contributed by atoms with Crippen molar-refractivity contribution < 1.29 is 30.7 Å². The van der Waals surface area contributed by atoms with Crippen molar-refractivity contribution in [1.29, 1.82) is 0 Å². The van der Waals surface area contributed by atoms with Crippen LogP contribution in [0, 0.1) is 0 Å². The third-order valence-corrected chi connectivity index (χ3v) is 1.37. The molecule has 0 aliphatic heterocycles. The summed E-state index contributed by atoms with van der Waals surface area (Å²) in [6.45, 7) is 0.335. The molecule has 0 heterocycles. The summed E-state index contributed by atoms with van der Waals surface area (Å²) in [5.41, 5.74) is 0. The van der Waals surface area contributed by atoms with Gasteiger partial charge in [-0.1, -0.05) is 0 Å². The predicted octanol–water partition coefficient (Wildman–Crippen LogP) is 3.27. The summed E-state index contributed by atoms with van der Waals surface area (Å²) < 4.78 is 83.2. The fourth-order valence-electron chi connectivity index (χ4n) is 0.532. The van der Waals surface area contributed by atoms with Gasteiger partial charge >= 0.3 is 12.3 Å². The molecule has 0 nitrogen and oxygen atoms in total. The van der Waals surface area contributed by atoms with E-state index in [2.05, 4.69) is 0 Å². The molecule has 7 heteroatoms. The van der Waals surface area contributed by atoms with Crippen LogP contribution in [0.1, 0.15) is 13.3 Å². The molecule has 80 valence electrons. The average molecular weight is 212 g/mol. The first-order chi connectivity index (χ1) is 5.59. The minimum absolute atomic E-state index is 0.335. The molecule has 1 atom stereocenters. The molecule has 0 aromatic rings. The summed E-state index contributed by atoms with van der Waals surface area (Å²) in [7, 11) is 0. The van der Waals surface area contributed by atoms with Crippen LogP contribution in [0.25, 0.3) is 0 Å². The maximum absolute atomic E-state index is 12.2. The smallest absolute Gasteiger partial charge is 0.241 e. The van der Waals surface area contributed by atoms with Crippen LogP contribution < -0.4 is 0 Å². The summed E-state index contributed by atoms with van der Waals surface area (Å²) in [5, 5.41) is 0. The first-order valence-electron chi connectivity index (χ1n) is 3.27. The zero-order valence-corrected chi connectivity index (χ0v) is 6.51. The zero-order valence-electron chi connectivity index (χ0n) is 6.51. The average Bonchev–Trinajstić information content (AvgIpc) is 1.83. The monoisotopic (exact) mass is 212 g/mol. The van der Waals surface area contributed by atoms with E-state index in [1.807, 2.05) is 0 Å². The molecule has 0 aromatic carbocycles. The lowest BCUT2D eigenvalue weighted by molar-refractivity contribution is -0.193. The van der Waals surface area contributed by atoms with E-state index in [4.69, 9.17) is 0 Å². The molecule has 0 radical (unpaired) electrons. The van der Waals surface area contributed by atoms with Gasteiger partial charge in [-0.25, -0.2) is 30.7 Å². The standard InChI is InChI=1S/C6H7F7/c1-3(7)5(10,11)2-6(12,13)4(8)9/h3-4H,2H2,1H3. The third-order valence-electron chi connectivity index (χ3n) is 1.37. The fourth-order valence-corrected chi connectivity index (χ4v) is 0.532. The number of hydrogen-bond donors (Lipinski definition) is 0. The highest BCUT2D eigenvalue weighted by molar-refractivity contribution is 4.82. The van der Waals surface area contributed by atoms with Gasteiger partial charge in [-0.3, -0.25) is 0 Å². The largest absolute Gasteiger partial charge is 0.313 e. The van der Waals surface area contributed by atoms with Gasteiger partial charge in [0.15, 0.2) is 6.17 Å². The Morgan fingerprint density at radius 2 is 1.31 bits per heavy atom. The Balaban J connectivity index is 4.42. The highest BCUT2D eigenvalue weighted by Crippen LogP contribution is 2.37. The molecular weight excluding hydrogens is 205 g/mol. The van der Waals surface area contributed by atoms with E-state index in [1.54, 1.807) is 0 Å². The lowest BCUT2D eigenvalue weighted by Crippen LogP contribution is -2.39. The maximum atomic E-state index is 12.2. The summed E-state index contributed by atoms with van der Waals surface area (Å²) in [4.78, 5) is 0. The zero-order chi connectivity index (χ0) is 10.9. The van der Waals surface area contributed by atoms with Crippen molar-refractivity contribution in [3.8, 4) is 0 Å². The van der Waals surface area contributed by atoms with Gasteiger partial charge in [0.05, 0.1) is 6.42 Å². The number of hydrogen-bond acceptors (Lipinski definition) is 0. The second-order valence-corrected chi connectivity index (χ2v) is 2.62. The van der Waals surface area contributed by atoms with E-state index in [1.165, 1.54) is 0 Å². The Hall–Kier alpha value is -0.490. The molecule has 0 saturated carbocycles. The van der Waals surface area contributed by atoms with Crippen LogP contribution in [0.4, 0.5) is 30.7 Å². The molecule has 0 fully saturated rings. The van der Waals surface area contributed by atoms with Crippen molar-refractivity contribution in [3.05, 3.63) is 0 Å². The first kappa shape index (κ1) is 12.5. The van der Waals surface area contributed by atoms with Crippen molar-refractivity contribution in [2.75, 3.05) is 0 Å². The minimum Gasteiger partial charge on any atom is -0.241 e. The molecule has 0 aromatic heterocycles. The van der Waals surface area contributed by atoms with Crippen LogP contribution in [0.2, 0.25) is 0 Å². The molecule has 0 bridgehead atoms. The van der Waals surface area contributed by atoms with Crippen LogP contribution in [0.3, 0.4) is 0 Å². The number of rotatable bonds is 4. The van der Waals surface area contributed by atoms with E-state index in [0.29, 0.717) is 6.92 Å². The Bertz CT molecular complexity index is 144. The molecule has 13 heavy (non-hydrogen) atoms. The van der Waals surface area contributed by atoms with Gasteiger partial charge in [-0.05, 0) is 6.92 Å². The van der Waals surface area contributed by atoms with Crippen LogP contribution in [0.15, 0.2) is 0 Å². The SMILES string of the molecule is CC(F)C(F)(F)CC(F)(F)C(F)F. The van der Waals surface area contributed by atoms with E-state index in [-0.39, 0.29) is 0 Å². The van der Waals surface area contributed by atoms with Gasteiger partial charge in [-0.2, -0.15) is 0 Å². The van der Waals surface area contributed by atoms with Crippen LogP contribution >= 0.6 is 0 Å². The van der Waals surface area contributed by atoms with Crippen molar-refractivity contribution in [3.63, 3.8) is 0 Å². The van der Waals surface area contributed by atoms with Gasteiger partial charge in [0.2, 0.25) is 0 Å². The lowest BCUT2D eigenvalue weighted by atomic mass is 10.1. The number of alkyl halides is 7. The highest BCUT2D eigenvalue weighted by atomic mass is 19.3. The van der Waals surface area contributed by atoms with Crippen LogP contribution in [-0.4, -0.2) is 24.4 Å². The van der Waals surface area contributed by atoms with Crippen molar-refractivity contribution in [1.82, 2.24) is 0 Å². The first-order valence-corrected chi connectivity index (χ1v) is 3.27. The van der Waals surface area contributed by atoms with Crippen molar-refractivity contribution in [2.24, 2.45) is 0 Å². The summed E-state index contributed by atoms with van der Waals surface area (Å²) >= 11 is 0. The quantitative estimate of drug-likeness (QED) is 0.627. The highest BCUT2D eigenvalue weighted by Gasteiger charge is 2.52. The molecule has 1 unspecified atom stereocenters. The van der Waals surface area contributed by atoms with Gasteiger partial charge in [0.1, 0.15) is 0 Å². The second kappa shape index (κ2) is 3.71. The minimum atomic E-state index is -4.86. The van der Waals surface area contributed by atoms with E-state index < -0.39 is 30.9 Å². The Kier molecular flexibility index (Phi) is 3.57. The Morgan fingerprint density at radius 3 is 1.54 bits per heavy atom. The summed E-state index contributed by atoms with van der Waals surface area (Å²) in [6.07, 6.45) is -9.57. The predicted molar refractivity (Wildman–Crippen MR) is 31.1 cm³/mol. The molecule has 0 spiro atoms. The van der Waals surface area contributed by atoms with Crippen molar-refractivity contribution in [2.45, 2.75) is 37.8 Å². The van der Waals surface area contributed by atoms with Gasteiger partial charge in [0, 0.05) is 0 Å². The molecule has 0 aliphatic carbocycles. The van der Waals surface area contributed by atoms with Crippen molar-refractivity contribution >= 4 is 0 Å². The number of halogens is 7.